The molecule has 1 aromatic rings. The minimum absolute atomic E-state index is 0.184. The number of piperidine rings is 1. The highest BCUT2D eigenvalue weighted by molar-refractivity contribution is 5.79. The molecule has 1 atom stereocenters. The molecule has 1 unspecified atom stereocenters. The number of carbonyl (C=O) groups excluding carboxylic acids is 1. The largest absolute Gasteiger partial charge is 0.477 e. The Kier molecular flexibility index (Phi) is 5.15. The quantitative estimate of drug-likeness (QED) is 0.766. The van der Waals surface area contributed by atoms with E-state index in [-0.39, 0.29) is 12.0 Å². The molecule has 1 saturated heterocycles. The number of rotatable bonds is 5. The summed E-state index contributed by atoms with van der Waals surface area (Å²) in [6.07, 6.45) is 6.10. The SMILES string of the molecule is CCOC(=O)C1CCCCN1c1cncc(OCC)n1. The summed E-state index contributed by atoms with van der Waals surface area (Å²) in [5.74, 6) is 0.975. The van der Waals surface area contributed by atoms with Gasteiger partial charge >= 0.3 is 5.97 Å². The van der Waals surface area contributed by atoms with Gasteiger partial charge in [-0.1, -0.05) is 0 Å². The van der Waals surface area contributed by atoms with Crippen LogP contribution in [-0.2, 0) is 9.53 Å². The molecule has 20 heavy (non-hydrogen) atoms. The molecule has 0 N–H and O–H groups in total. The molecule has 1 fully saturated rings. The smallest absolute Gasteiger partial charge is 0.328 e. The Hall–Kier alpha value is -1.85. The van der Waals surface area contributed by atoms with Gasteiger partial charge in [-0.05, 0) is 33.1 Å². The lowest BCUT2D eigenvalue weighted by atomic mass is 10.0. The molecule has 1 aliphatic rings. The summed E-state index contributed by atoms with van der Waals surface area (Å²) in [7, 11) is 0. The number of nitrogens with zero attached hydrogens (tertiary/aromatic N) is 3. The van der Waals surface area contributed by atoms with Crippen molar-refractivity contribution in [1.29, 1.82) is 0 Å². The third-order valence-electron chi connectivity index (χ3n) is 3.25. The zero-order valence-corrected chi connectivity index (χ0v) is 12.0. The Morgan fingerprint density at radius 2 is 2.20 bits per heavy atom. The first-order valence-electron chi connectivity index (χ1n) is 7.14. The van der Waals surface area contributed by atoms with Crippen molar-refractivity contribution in [2.24, 2.45) is 0 Å². The van der Waals surface area contributed by atoms with Gasteiger partial charge in [0.15, 0.2) is 5.82 Å². The molecule has 0 radical (unpaired) electrons. The van der Waals surface area contributed by atoms with E-state index in [9.17, 15) is 4.79 Å². The molecule has 0 bridgehead atoms. The normalized spacial score (nSPS) is 18.7. The summed E-state index contributed by atoms with van der Waals surface area (Å²) in [5.41, 5.74) is 0. The number of hydrogen-bond donors (Lipinski definition) is 0. The summed E-state index contributed by atoms with van der Waals surface area (Å²) < 4.78 is 10.5. The van der Waals surface area contributed by atoms with Crippen molar-refractivity contribution in [3.05, 3.63) is 12.4 Å². The van der Waals surface area contributed by atoms with Crippen molar-refractivity contribution in [1.82, 2.24) is 9.97 Å². The van der Waals surface area contributed by atoms with Gasteiger partial charge in [0.1, 0.15) is 6.04 Å². The van der Waals surface area contributed by atoms with Crippen LogP contribution in [0.2, 0.25) is 0 Å². The van der Waals surface area contributed by atoms with Crippen molar-refractivity contribution >= 4 is 11.8 Å². The molecular formula is C14H21N3O3. The van der Waals surface area contributed by atoms with Crippen LogP contribution in [0.3, 0.4) is 0 Å². The van der Waals surface area contributed by atoms with Gasteiger partial charge in [-0.2, -0.15) is 4.98 Å². The van der Waals surface area contributed by atoms with Gasteiger partial charge in [-0.25, -0.2) is 4.79 Å². The van der Waals surface area contributed by atoms with Crippen molar-refractivity contribution < 1.29 is 14.3 Å². The van der Waals surface area contributed by atoms with E-state index in [4.69, 9.17) is 9.47 Å². The fraction of sp³-hybridized carbons (Fsp3) is 0.643. The lowest BCUT2D eigenvalue weighted by Gasteiger charge is -2.34. The molecule has 0 saturated carbocycles. The van der Waals surface area contributed by atoms with E-state index in [0.717, 1.165) is 25.8 Å². The minimum Gasteiger partial charge on any atom is -0.477 e. The van der Waals surface area contributed by atoms with E-state index in [1.165, 1.54) is 0 Å². The van der Waals surface area contributed by atoms with Gasteiger partial charge in [-0.3, -0.25) is 4.98 Å². The van der Waals surface area contributed by atoms with Crippen LogP contribution in [0.5, 0.6) is 5.88 Å². The first kappa shape index (κ1) is 14.6. The fourth-order valence-corrected chi connectivity index (χ4v) is 2.38. The molecule has 2 heterocycles. The maximum absolute atomic E-state index is 12.0. The first-order valence-corrected chi connectivity index (χ1v) is 7.14. The van der Waals surface area contributed by atoms with E-state index in [1.807, 2.05) is 18.7 Å². The Labute approximate surface area is 119 Å². The standard InChI is InChI=1S/C14H21N3O3/c1-3-19-13-10-15-9-12(16-13)17-8-6-5-7-11(17)14(18)20-4-2/h9-11H,3-8H2,1-2H3. The Morgan fingerprint density at radius 1 is 1.35 bits per heavy atom. The third-order valence-corrected chi connectivity index (χ3v) is 3.25. The van der Waals surface area contributed by atoms with Gasteiger partial charge < -0.3 is 14.4 Å². The Bertz CT molecular complexity index is 453. The van der Waals surface area contributed by atoms with Crippen LogP contribution in [-0.4, -0.2) is 41.7 Å². The van der Waals surface area contributed by atoms with Gasteiger partial charge in [0.05, 0.1) is 25.6 Å². The van der Waals surface area contributed by atoms with Gasteiger partial charge in [0.2, 0.25) is 5.88 Å². The van der Waals surface area contributed by atoms with Gasteiger partial charge in [0, 0.05) is 6.54 Å². The molecule has 1 aliphatic heterocycles. The highest BCUT2D eigenvalue weighted by atomic mass is 16.5. The van der Waals surface area contributed by atoms with E-state index >= 15 is 0 Å². The average Bonchev–Trinajstić information content (AvgIpc) is 2.48. The Morgan fingerprint density at radius 3 is 2.95 bits per heavy atom. The third kappa shape index (κ3) is 3.37. The monoisotopic (exact) mass is 279 g/mol. The summed E-state index contributed by atoms with van der Waals surface area (Å²) in [6.45, 7) is 5.44. The topological polar surface area (TPSA) is 64.5 Å². The predicted octanol–water partition coefficient (Wildman–Crippen LogP) is 1.80. The van der Waals surface area contributed by atoms with Crippen LogP contribution in [0.25, 0.3) is 0 Å². The maximum Gasteiger partial charge on any atom is 0.328 e. The minimum atomic E-state index is -0.269. The van der Waals surface area contributed by atoms with E-state index < -0.39 is 0 Å². The number of hydrogen-bond acceptors (Lipinski definition) is 6. The van der Waals surface area contributed by atoms with Crippen molar-refractivity contribution in [3.63, 3.8) is 0 Å². The van der Waals surface area contributed by atoms with Crippen LogP contribution in [0, 0.1) is 0 Å². The lowest BCUT2D eigenvalue weighted by molar-refractivity contribution is -0.145. The molecule has 6 nitrogen and oxygen atoms in total. The second kappa shape index (κ2) is 7.07. The molecular weight excluding hydrogens is 258 g/mol. The van der Waals surface area contributed by atoms with Crippen LogP contribution >= 0.6 is 0 Å². The Balaban J connectivity index is 2.18. The van der Waals surface area contributed by atoms with Crippen LogP contribution in [0.4, 0.5) is 5.82 Å². The summed E-state index contributed by atoms with van der Waals surface area (Å²) in [4.78, 5) is 22.6. The molecule has 0 aliphatic carbocycles. The van der Waals surface area contributed by atoms with Crippen molar-refractivity contribution in [3.8, 4) is 5.88 Å². The van der Waals surface area contributed by atoms with Gasteiger partial charge in [-0.15, -0.1) is 0 Å². The predicted molar refractivity (Wildman–Crippen MR) is 74.8 cm³/mol. The first-order chi connectivity index (χ1) is 9.76. The molecule has 6 heteroatoms. The highest BCUT2D eigenvalue weighted by Gasteiger charge is 2.31. The molecule has 0 amide bonds. The molecule has 0 spiro atoms. The highest BCUT2D eigenvalue weighted by Crippen LogP contribution is 2.24. The zero-order chi connectivity index (χ0) is 14.4. The summed E-state index contributed by atoms with van der Waals surface area (Å²) >= 11 is 0. The summed E-state index contributed by atoms with van der Waals surface area (Å²) in [5, 5.41) is 0. The van der Waals surface area contributed by atoms with Crippen LogP contribution < -0.4 is 9.64 Å². The van der Waals surface area contributed by atoms with E-state index in [1.54, 1.807) is 12.4 Å². The van der Waals surface area contributed by atoms with Crippen LogP contribution in [0.1, 0.15) is 33.1 Å². The van der Waals surface area contributed by atoms with E-state index in [0.29, 0.717) is 24.9 Å². The second-order valence-corrected chi connectivity index (χ2v) is 4.61. The maximum atomic E-state index is 12.0. The van der Waals surface area contributed by atoms with Crippen molar-refractivity contribution in [2.45, 2.75) is 39.2 Å². The zero-order valence-electron chi connectivity index (χ0n) is 12.0. The van der Waals surface area contributed by atoms with Gasteiger partial charge in [0.25, 0.3) is 0 Å². The molecule has 2 rings (SSSR count). The second-order valence-electron chi connectivity index (χ2n) is 4.61. The summed E-state index contributed by atoms with van der Waals surface area (Å²) in [6, 6.07) is -0.269. The number of anilines is 1. The van der Waals surface area contributed by atoms with Crippen molar-refractivity contribution in [2.75, 3.05) is 24.7 Å². The van der Waals surface area contributed by atoms with E-state index in [2.05, 4.69) is 9.97 Å². The number of carbonyl (C=O) groups is 1. The number of esters is 1. The number of aromatic nitrogens is 2. The number of ether oxygens (including phenoxy) is 2. The fourth-order valence-electron chi connectivity index (χ4n) is 2.38. The molecule has 110 valence electrons. The van der Waals surface area contributed by atoms with Crippen LogP contribution in [0.15, 0.2) is 12.4 Å². The molecule has 0 aromatic carbocycles. The molecule has 1 aromatic heterocycles. The lowest BCUT2D eigenvalue weighted by Crippen LogP contribution is -2.46. The average molecular weight is 279 g/mol.